The molecule has 4 aromatic carbocycles. The monoisotopic (exact) mass is 517 g/mol. The summed E-state index contributed by atoms with van der Waals surface area (Å²) in [5.41, 5.74) is 1.72. The summed E-state index contributed by atoms with van der Waals surface area (Å²) in [6, 6.07) is 26.4. The van der Waals surface area contributed by atoms with Crippen LogP contribution in [0.15, 0.2) is 101 Å². The molecule has 162 valence electrons. The SMILES string of the molecule is O=C1C(=O)N(c2cccc(Cl)c2)C(c2cccc3ccccc23)/C1=C(/O)c1ccc(Br)cc1. The standard InChI is InChI=1S/C27H17BrClNO3/c28-18-13-11-17(12-14-18)25(31)23-24(22-10-3-6-16-5-1-2-9-21(16)22)30(27(33)26(23)32)20-8-4-7-19(29)15-20/h1-15,24,31H/b25-23-. The summed E-state index contributed by atoms with van der Waals surface area (Å²) in [6.07, 6.45) is 0. The number of aliphatic hydroxyl groups excluding tert-OH is 1. The van der Waals surface area contributed by atoms with Gasteiger partial charge in [0.25, 0.3) is 11.7 Å². The van der Waals surface area contributed by atoms with Crippen molar-refractivity contribution in [3.05, 3.63) is 117 Å². The first-order valence-electron chi connectivity index (χ1n) is 10.3. The van der Waals surface area contributed by atoms with Gasteiger partial charge in [0.05, 0.1) is 11.6 Å². The third-order valence-electron chi connectivity index (χ3n) is 5.77. The molecule has 1 unspecified atom stereocenters. The molecule has 33 heavy (non-hydrogen) atoms. The van der Waals surface area contributed by atoms with Gasteiger partial charge in [-0.15, -0.1) is 0 Å². The average molecular weight is 519 g/mol. The number of carbonyl (C=O) groups excluding carboxylic acids is 2. The number of nitrogens with zero attached hydrogens (tertiary/aromatic N) is 1. The van der Waals surface area contributed by atoms with Crippen molar-refractivity contribution in [2.45, 2.75) is 6.04 Å². The number of ketones is 1. The van der Waals surface area contributed by atoms with Gasteiger partial charge in [-0.05, 0) is 46.7 Å². The minimum atomic E-state index is -0.821. The Morgan fingerprint density at radius 3 is 2.33 bits per heavy atom. The topological polar surface area (TPSA) is 57.6 Å². The molecule has 1 aliphatic rings. The minimum absolute atomic E-state index is 0.0404. The van der Waals surface area contributed by atoms with E-state index in [9.17, 15) is 14.7 Å². The maximum Gasteiger partial charge on any atom is 0.300 e. The average Bonchev–Trinajstić information content (AvgIpc) is 3.09. The van der Waals surface area contributed by atoms with Crippen molar-refractivity contribution in [2.24, 2.45) is 0 Å². The van der Waals surface area contributed by atoms with E-state index in [4.69, 9.17) is 11.6 Å². The first kappa shape index (κ1) is 21.4. The highest BCUT2D eigenvalue weighted by atomic mass is 79.9. The van der Waals surface area contributed by atoms with Crippen molar-refractivity contribution < 1.29 is 14.7 Å². The largest absolute Gasteiger partial charge is 0.507 e. The van der Waals surface area contributed by atoms with Crippen LogP contribution >= 0.6 is 27.5 Å². The van der Waals surface area contributed by atoms with Gasteiger partial charge in [-0.2, -0.15) is 0 Å². The smallest absolute Gasteiger partial charge is 0.300 e. The molecule has 1 heterocycles. The summed E-state index contributed by atoms with van der Waals surface area (Å²) in [6.45, 7) is 0. The Bertz CT molecular complexity index is 1440. The number of carbonyl (C=O) groups is 2. The number of hydrogen-bond donors (Lipinski definition) is 1. The van der Waals surface area contributed by atoms with Gasteiger partial charge in [0.15, 0.2) is 0 Å². The summed E-state index contributed by atoms with van der Waals surface area (Å²) < 4.78 is 0.837. The van der Waals surface area contributed by atoms with Gasteiger partial charge in [-0.3, -0.25) is 14.5 Å². The van der Waals surface area contributed by atoms with Gasteiger partial charge in [0, 0.05) is 20.7 Å². The summed E-state index contributed by atoms with van der Waals surface area (Å²) in [5, 5.41) is 13.6. The number of aliphatic hydroxyl groups is 1. The lowest BCUT2D eigenvalue weighted by Gasteiger charge is -2.26. The molecule has 1 N–H and O–H groups in total. The third kappa shape index (κ3) is 3.73. The molecule has 1 saturated heterocycles. The van der Waals surface area contributed by atoms with Crippen LogP contribution < -0.4 is 4.90 Å². The summed E-state index contributed by atoms with van der Waals surface area (Å²) in [4.78, 5) is 28.1. The zero-order chi connectivity index (χ0) is 23.1. The van der Waals surface area contributed by atoms with E-state index in [1.165, 1.54) is 4.90 Å². The zero-order valence-corrected chi connectivity index (χ0v) is 19.5. The van der Waals surface area contributed by atoms with Crippen molar-refractivity contribution in [3.8, 4) is 0 Å². The van der Waals surface area contributed by atoms with Crippen LogP contribution in [0.5, 0.6) is 0 Å². The summed E-state index contributed by atoms with van der Waals surface area (Å²) in [7, 11) is 0. The first-order valence-corrected chi connectivity index (χ1v) is 11.4. The Hall–Kier alpha value is -3.41. The molecule has 0 bridgehead atoms. The molecule has 0 aliphatic carbocycles. The van der Waals surface area contributed by atoms with Crippen LogP contribution in [-0.4, -0.2) is 16.8 Å². The van der Waals surface area contributed by atoms with E-state index >= 15 is 0 Å². The number of benzene rings is 4. The maximum atomic E-state index is 13.3. The molecule has 4 aromatic rings. The fourth-order valence-corrected chi connectivity index (χ4v) is 4.72. The molecule has 0 saturated carbocycles. The Balaban J connectivity index is 1.81. The van der Waals surface area contributed by atoms with E-state index in [0.717, 1.165) is 20.8 Å². The third-order valence-corrected chi connectivity index (χ3v) is 6.53. The van der Waals surface area contributed by atoms with Crippen molar-refractivity contribution in [1.29, 1.82) is 0 Å². The van der Waals surface area contributed by atoms with Gasteiger partial charge in [-0.25, -0.2) is 0 Å². The lowest BCUT2D eigenvalue weighted by Crippen LogP contribution is -2.29. The zero-order valence-electron chi connectivity index (χ0n) is 17.2. The molecule has 1 fully saturated rings. The number of anilines is 1. The number of amides is 1. The molecule has 4 nitrogen and oxygen atoms in total. The highest BCUT2D eigenvalue weighted by molar-refractivity contribution is 9.10. The van der Waals surface area contributed by atoms with E-state index in [1.807, 2.05) is 42.5 Å². The number of Topliss-reactive ketones (excluding diaryl/α,β-unsaturated/α-hetero) is 1. The maximum absolute atomic E-state index is 13.3. The van der Waals surface area contributed by atoms with Gasteiger partial charge in [0.1, 0.15) is 5.76 Å². The van der Waals surface area contributed by atoms with Gasteiger partial charge < -0.3 is 5.11 Å². The lowest BCUT2D eigenvalue weighted by molar-refractivity contribution is -0.132. The Morgan fingerprint density at radius 2 is 1.58 bits per heavy atom. The minimum Gasteiger partial charge on any atom is -0.507 e. The van der Waals surface area contributed by atoms with Gasteiger partial charge in [0.2, 0.25) is 0 Å². The Labute approximate surface area is 203 Å². The predicted molar refractivity (Wildman–Crippen MR) is 134 cm³/mol. The van der Waals surface area contributed by atoms with Gasteiger partial charge >= 0.3 is 0 Å². The van der Waals surface area contributed by atoms with Crippen LogP contribution in [0.1, 0.15) is 17.2 Å². The number of halogens is 2. The second-order valence-corrected chi connectivity index (χ2v) is 9.08. The van der Waals surface area contributed by atoms with Crippen molar-refractivity contribution >= 4 is 61.4 Å². The van der Waals surface area contributed by atoms with Gasteiger partial charge in [-0.1, -0.05) is 88.2 Å². The van der Waals surface area contributed by atoms with Crippen LogP contribution in [-0.2, 0) is 9.59 Å². The predicted octanol–water partition coefficient (Wildman–Crippen LogP) is 6.88. The van der Waals surface area contributed by atoms with E-state index < -0.39 is 17.7 Å². The second-order valence-electron chi connectivity index (χ2n) is 7.72. The van der Waals surface area contributed by atoms with Crippen LogP contribution in [0.2, 0.25) is 5.02 Å². The van der Waals surface area contributed by atoms with E-state index in [0.29, 0.717) is 16.3 Å². The molecule has 1 amide bonds. The quantitative estimate of drug-likeness (QED) is 0.183. The van der Waals surface area contributed by atoms with E-state index in [-0.39, 0.29) is 11.3 Å². The molecule has 0 spiro atoms. The van der Waals surface area contributed by atoms with Crippen molar-refractivity contribution in [1.82, 2.24) is 0 Å². The molecular formula is C27H17BrClNO3. The number of rotatable bonds is 3. The fraction of sp³-hybridized carbons (Fsp3) is 0.0370. The second kappa shape index (κ2) is 8.50. The first-order chi connectivity index (χ1) is 16.0. The Morgan fingerprint density at radius 1 is 0.879 bits per heavy atom. The highest BCUT2D eigenvalue weighted by Crippen LogP contribution is 2.44. The van der Waals surface area contributed by atoms with Crippen LogP contribution in [0.4, 0.5) is 5.69 Å². The van der Waals surface area contributed by atoms with Crippen molar-refractivity contribution in [3.63, 3.8) is 0 Å². The molecule has 1 aliphatic heterocycles. The van der Waals surface area contributed by atoms with Crippen LogP contribution in [0.25, 0.3) is 16.5 Å². The van der Waals surface area contributed by atoms with Crippen LogP contribution in [0.3, 0.4) is 0 Å². The molecular weight excluding hydrogens is 502 g/mol. The summed E-state index contributed by atoms with van der Waals surface area (Å²) >= 11 is 9.60. The fourth-order valence-electron chi connectivity index (χ4n) is 4.27. The van der Waals surface area contributed by atoms with E-state index in [2.05, 4.69) is 15.9 Å². The Kier molecular flexibility index (Phi) is 5.52. The molecule has 6 heteroatoms. The molecule has 0 aromatic heterocycles. The summed E-state index contributed by atoms with van der Waals surface area (Å²) in [5.74, 6) is -1.68. The molecule has 0 radical (unpaired) electrons. The molecule has 5 rings (SSSR count). The number of hydrogen-bond acceptors (Lipinski definition) is 3. The van der Waals surface area contributed by atoms with Crippen LogP contribution in [0, 0.1) is 0 Å². The normalized spacial score (nSPS) is 17.6. The molecule has 1 atom stereocenters. The van der Waals surface area contributed by atoms with E-state index in [1.54, 1.807) is 48.5 Å². The highest BCUT2D eigenvalue weighted by Gasteiger charge is 2.47. The number of fused-ring (bicyclic) bond motifs is 1. The lowest BCUT2D eigenvalue weighted by atomic mass is 9.91. The van der Waals surface area contributed by atoms with Crippen molar-refractivity contribution in [2.75, 3.05) is 4.90 Å².